The van der Waals surface area contributed by atoms with Crippen LogP contribution in [-0.2, 0) is 9.59 Å². The topological polar surface area (TPSA) is 95.8 Å². The van der Waals surface area contributed by atoms with E-state index in [0.29, 0.717) is 43.2 Å². The van der Waals surface area contributed by atoms with Crippen LogP contribution in [0.5, 0.6) is 0 Å². The SMILES string of the molecule is Cc1noc(C(C)C)c1C(=O)N1CCN(C(=O)C(=O)NC(C)C)CC1. The predicted molar refractivity (Wildman–Crippen MR) is 91.1 cm³/mol. The van der Waals surface area contributed by atoms with E-state index in [1.54, 1.807) is 25.7 Å². The normalized spacial score (nSPS) is 15.0. The molecule has 1 saturated heterocycles. The van der Waals surface area contributed by atoms with Crippen molar-refractivity contribution in [2.45, 2.75) is 46.6 Å². The Labute approximate surface area is 147 Å². The maximum atomic E-state index is 12.8. The quantitative estimate of drug-likeness (QED) is 0.818. The molecular formula is C17H26N4O4. The lowest BCUT2D eigenvalue weighted by atomic mass is 10.0. The summed E-state index contributed by atoms with van der Waals surface area (Å²) in [4.78, 5) is 39.9. The molecule has 0 saturated carbocycles. The third kappa shape index (κ3) is 4.18. The highest BCUT2D eigenvalue weighted by Gasteiger charge is 2.31. The predicted octanol–water partition coefficient (Wildman–Crippen LogP) is 0.915. The van der Waals surface area contributed by atoms with Crippen LogP contribution in [0.1, 0.15) is 55.4 Å². The van der Waals surface area contributed by atoms with E-state index in [0.717, 1.165) is 0 Å². The standard InChI is InChI=1S/C17H26N4O4/c1-10(2)14-13(12(5)19-25-14)16(23)20-6-8-21(9-7-20)17(24)15(22)18-11(3)4/h10-11H,6-9H2,1-5H3,(H,18,22). The van der Waals surface area contributed by atoms with Crippen LogP contribution in [0.2, 0.25) is 0 Å². The third-order valence-corrected chi connectivity index (χ3v) is 4.10. The van der Waals surface area contributed by atoms with Crippen LogP contribution in [0.4, 0.5) is 0 Å². The molecule has 0 aliphatic carbocycles. The summed E-state index contributed by atoms with van der Waals surface area (Å²) in [5, 5.41) is 6.50. The highest BCUT2D eigenvalue weighted by Crippen LogP contribution is 2.24. The van der Waals surface area contributed by atoms with E-state index in [9.17, 15) is 14.4 Å². The highest BCUT2D eigenvalue weighted by molar-refractivity contribution is 6.35. The zero-order valence-electron chi connectivity index (χ0n) is 15.5. The van der Waals surface area contributed by atoms with Gasteiger partial charge < -0.3 is 19.6 Å². The molecule has 0 bridgehead atoms. The van der Waals surface area contributed by atoms with Crippen LogP contribution in [0.15, 0.2) is 4.52 Å². The molecule has 0 unspecified atom stereocenters. The van der Waals surface area contributed by atoms with Gasteiger partial charge >= 0.3 is 11.8 Å². The lowest BCUT2D eigenvalue weighted by Gasteiger charge is -2.34. The molecule has 2 rings (SSSR count). The molecule has 1 aromatic heterocycles. The number of nitrogens with zero attached hydrogens (tertiary/aromatic N) is 3. The van der Waals surface area contributed by atoms with E-state index in [1.165, 1.54) is 4.90 Å². The number of piperazine rings is 1. The second-order valence-corrected chi connectivity index (χ2v) is 6.87. The van der Waals surface area contributed by atoms with E-state index in [4.69, 9.17) is 4.52 Å². The molecule has 25 heavy (non-hydrogen) atoms. The number of hydrogen-bond donors (Lipinski definition) is 1. The largest absolute Gasteiger partial charge is 0.360 e. The monoisotopic (exact) mass is 350 g/mol. The van der Waals surface area contributed by atoms with Crippen LogP contribution in [0, 0.1) is 6.92 Å². The van der Waals surface area contributed by atoms with E-state index in [2.05, 4.69) is 10.5 Å². The van der Waals surface area contributed by atoms with Gasteiger partial charge in [-0.2, -0.15) is 0 Å². The van der Waals surface area contributed by atoms with Crippen molar-refractivity contribution in [1.82, 2.24) is 20.3 Å². The van der Waals surface area contributed by atoms with Crippen molar-refractivity contribution in [2.75, 3.05) is 26.2 Å². The minimum atomic E-state index is -0.605. The Morgan fingerprint density at radius 1 is 1.04 bits per heavy atom. The second kappa shape index (κ2) is 7.67. The summed E-state index contributed by atoms with van der Waals surface area (Å²) in [5.41, 5.74) is 1.08. The fourth-order valence-electron chi connectivity index (χ4n) is 2.78. The van der Waals surface area contributed by atoms with Crippen molar-refractivity contribution in [3.8, 4) is 0 Å². The lowest BCUT2D eigenvalue weighted by molar-refractivity contribution is -0.147. The van der Waals surface area contributed by atoms with Gasteiger partial charge in [0.25, 0.3) is 5.91 Å². The van der Waals surface area contributed by atoms with Crippen LogP contribution in [0.25, 0.3) is 0 Å². The van der Waals surface area contributed by atoms with E-state index < -0.39 is 11.8 Å². The molecule has 8 heteroatoms. The minimum absolute atomic E-state index is 0.0581. The van der Waals surface area contributed by atoms with E-state index in [-0.39, 0.29) is 17.9 Å². The van der Waals surface area contributed by atoms with Gasteiger partial charge in [-0.15, -0.1) is 0 Å². The molecule has 1 N–H and O–H groups in total. The van der Waals surface area contributed by atoms with Crippen molar-refractivity contribution in [3.63, 3.8) is 0 Å². The van der Waals surface area contributed by atoms with Crippen LogP contribution < -0.4 is 5.32 Å². The molecular weight excluding hydrogens is 324 g/mol. The smallest absolute Gasteiger partial charge is 0.312 e. The van der Waals surface area contributed by atoms with Crippen LogP contribution in [0.3, 0.4) is 0 Å². The summed E-state index contributed by atoms with van der Waals surface area (Å²) in [7, 11) is 0. The van der Waals surface area contributed by atoms with E-state index >= 15 is 0 Å². The molecule has 1 fully saturated rings. The number of nitrogens with one attached hydrogen (secondary N) is 1. The summed E-state index contributed by atoms with van der Waals surface area (Å²) in [5.74, 6) is -0.655. The third-order valence-electron chi connectivity index (χ3n) is 4.10. The summed E-state index contributed by atoms with van der Waals surface area (Å²) in [6.07, 6.45) is 0. The molecule has 0 aromatic carbocycles. The number of hydrogen-bond acceptors (Lipinski definition) is 5. The van der Waals surface area contributed by atoms with Gasteiger partial charge in [0, 0.05) is 38.1 Å². The Hall–Kier alpha value is -2.38. The van der Waals surface area contributed by atoms with Crippen LogP contribution >= 0.6 is 0 Å². The zero-order chi connectivity index (χ0) is 18.7. The first-order valence-corrected chi connectivity index (χ1v) is 8.57. The fourth-order valence-corrected chi connectivity index (χ4v) is 2.78. The molecule has 0 spiro atoms. The summed E-state index contributed by atoms with van der Waals surface area (Å²) in [6, 6.07) is -0.0923. The molecule has 3 amide bonds. The van der Waals surface area contributed by atoms with Crippen molar-refractivity contribution >= 4 is 17.7 Å². The molecule has 1 aromatic rings. The van der Waals surface area contributed by atoms with Gasteiger partial charge in [0.05, 0.1) is 5.69 Å². The molecule has 0 radical (unpaired) electrons. The minimum Gasteiger partial charge on any atom is -0.360 e. The van der Waals surface area contributed by atoms with Crippen molar-refractivity contribution in [3.05, 3.63) is 17.0 Å². The fraction of sp³-hybridized carbons (Fsp3) is 0.647. The average Bonchev–Trinajstić information content (AvgIpc) is 2.95. The maximum absolute atomic E-state index is 12.8. The Kier molecular flexibility index (Phi) is 5.81. The Morgan fingerprint density at radius 3 is 2.12 bits per heavy atom. The van der Waals surface area contributed by atoms with Crippen molar-refractivity contribution < 1.29 is 18.9 Å². The number of amides is 3. The zero-order valence-corrected chi connectivity index (χ0v) is 15.5. The summed E-state index contributed by atoms with van der Waals surface area (Å²) < 4.78 is 5.28. The average molecular weight is 350 g/mol. The molecule has 1 aliphatic heterocycles. The molecule has 138 valence electrons. The van der Waals surface area contributed by atoms with Gasteiger partial charge in [-0.25, -0.2) is 0 Å². The Morgan fingerprint density at radius 2 is 1.60 bits per heavy atom. The van der Waals surface area contributed by atoms with Gasteiger partial charge in [0.1, 0.15) is 5.56 Å². The number of aryl methyl sites for hydroxylation is 1. The van der Waals surface area contributed by atoms with Gasteiger partial charge in [-0.3, -0.25) is 14.4 Å². The van der Waals surface area contributed by atoms with E-state index in [1.807, 2.05) is 13.8 Å². The van der Waals surface area contributed by atoms with Crippen LogP contribution in [-0.4, -0.2) is 64.9 Å². The number of rotatable bonds is 3. The first-order chi connectivity index (χ1) is 11.7. The number of aromatic nitrogens is 1. The number of carbonyl (C=O) groups excluding carboxylic acids is 3. The molecule has 8 nitrogen and oxygen atoms in total. The molecule has 1 aliphatic rings. The molecule has 2 heterocycles. The highest BCUT2D eigenvalue weighted by atomic mass is 16.5. The Balaban J connectivity index is 2.01. The first-order valence-electron chi connectivity index (χ1n) is 8.57. The lowest BCUT2D eigenvalue weighted by Crippen LogP contribution is -2.54. The van der Waals surface area contributed by atoms with Crippen molar-refractivity contribution in [1.29, 1.82) is 0 Å². The number of carbonyl (C=O) groups is 3. The molecule has 0 atom stereocenters. The van der Waals surface area contributed by atoms with Gasteiger partial charge in [0.15, 0.2) is 5.76 Å². The van der Waals surface area contributed by atoms with Gasteiger partial charge in [0.2, 0.25) is 0 Å². The van der Waals surface area contributed by atoms with Gasteiger partial charge in [-0.1, -0.05) is 19.0 Å². The maximum Gasteiger partial charge on any atom is 0.312 e. The second-order valence-electron chi connectivity index (χ2n) is 6.87. The summed E-state index contributed by atoms with van der Waals surface area (Å²) >= 11 is 0. The first kappa shape index (κ1) is 19.0. The summed E-state index contributed by atoms with van der Waals surface area (Å²) in [6.45, 7) is 10.7. The van der Waals surface area contributed by atoms with Gasteiger partial charge in [-0.05, 0) is 20.8 Å². The van der Waals surface area contributed by atoms with Crippen molar-refractivity contribution in [2.24, 2.45) is 0 Å². The Bertz CT molecular complexity index is 658.